The molecule has 0 saturated carbocycles. The Hall–Kier alpha value is -3.80. The third-order valence-corrected chi connectivity index (χ3v) is 4.43. The van der Waals surface area contributed by atoms with Crippen LogP contribution in [-0.2, 0) is 11.3 Å². The first kappa shape index (κ1) is 20.9. The molecule has 2 amide bonds. The zero-order chi connectivity index (χ0) is 21.3. The third-order valence-electron chi connectivity index (χ3n) is 4.43. The van der Waals surface area contributed by atoms with Crippen LogP contribution in [0.5, 0.6) is 11.5 Å². The molecule has 0 fully saturated rings. The smallest absolute Gasteiger partial charge is 0.265 e. The maximum Gasteiger partial charge on any atom is 0.265 e. The fraction of sp³-hybridized carbons (Fsp3) is 0.167. The van der Waals surface area contributed by atoms with E-state index in [9.17, 15) is 9.59 Å². The second-order valence-corrected chi connectivity index (χ2v) is 6.67. The van der Waals surface area contributed by atoms with Gasteiger partial charge < -0.3 is 20.1 Å². The molecule has 0 saturated heterocycles. The highest BCUT2D eigenvalue weighted by Gasteiger charge is 2.16. The Balaban J connectivity index is 1.56. The van der Waals surface area contributed by atoms with Crippen LogP contribution >= 0.6 is 0 Å². The van der Waals surface area contributed by atoms with E-state index in [-0.39, 0.29) is 11.8 Å². The molecule has 3 aromatic carbocycles. The number of anilines is 1. The van der Waals surface area contributed by atoms with Crippen molar-refractivity contribution in [2.45, 2.75) is 19.6 Å². The van der Waals surface area contributed by atoms with Crippen LogP contribution in [-0.4, -0.2) is 25.0 Å². The van der Waals surface area contributed by atoms with Gasteiger partial charge in [-0.05, 0) is 55.0 Å². The van der Waals surface area contributed by atoms with Crippen molar-refractivity contribution in [3.8, 4) is 11.5 Å². The molecule has 3 rings (SSSR count). The van der Waals surface area contributed by atoms with E-state index in [0.29, 0.717) is 29.3 Å². The van der Waals surface area contributed by atoms with Crippen LogP contribution in [0.4, 0.5) is 5.69 Å². The average molecular weight is 404 g/mol. The lowest BCUT2D eigenvalue weighted by atomic mass is 10.1. The fourth-order valence-electron chi connectivity index (χ4n) is 2.77. The maximum absolute atomic E-state index is 12.5. The molecule has 0 aliphatic rings. The maximum atomic E-state index is 12.5. The second kappa shape index (κ2) is 10.1. The van der Waals surface area contributed by atoms with Gasteiger partial charge in [0, 0.05) is 17.8 Å². The molecule has 0 aliphatic heterocycles. The van der Waals surface area contributed by atoms with Crippen molar-refractivity contribution in [3.63, 3.8) is 0 Å². The number of carbonyl (C=O) groups is 2. The van der Waals surface area contributed by atoms with Gasteiger partial charge in [0.25, 0.3) is 11.8 Å². The molecular formula is C24H24N2O4. The first-order chi connectivity index (χ1) is 14.5. The third kappa shape index (κ3) is 5.85. The predicted octanol–water partition coefficient (Wildman–Crippen LogP) is 4.03. The van der Waals surface area contributed by atoms with Crippen molar-refractivity contribution in [1.29, 1.82) is 0 Å². The normalized spacial score (nSPS) is 11.3. The summed E-state index contributed by atoms with van der Waals surface area (Å²) >= 11 is 0. The van der Waals surface area contributed by atoms with Gasteiger partial charge in [0.05, 0.1) is 7.11 Å². The first-order valence-corrected chi connectivity index (χ1v) is 9.59. The summed E-state index contributed by atoms with van der Waals surface area (Å²) in [5, 5.41) is 5.66. The molecule has 0 bridgehead atoms. The molecular weight excluding hydrogens is 380 g/mol. The number of methoxy groups -OCH3 is 1. The van der Waals surface area contributed by atoms with Gasteiger partial charge >= 0.3 is 0 Å². The van der Waals surface area contributed by atoms with Gasteiger partial charge in [-0.2, -0.15) is 0 Å². The minimum Gasteiger partial charge on any atom is -0.497 e. The average Bonchev–Trinajstić information content (AvgIpc) is 2.78. The largest absolute Gasteiger partial charge is 0.497 e. The van der Waals surface area contributed by atoms with E-state index in [1.165, 1.54) is 0 Å². The summed E-state index contributed by atoms with van der Waals surface area (Å²) in [4.78, 5) is 24.9. The number of benzene rings is 3. The lowest BCUT2D eigenvalue weighted by Gasteiger charge is -2.15. The second-order valence-electron chi connectivity index (χ2n) is 6.67. The summed E-state index contributed by atoms with van der Waals surface area (Å²) in [6, 6.07) is 23.5. The van der Waals surface area contributed by atoms with Crippen molar-refractivity contribution in [1.82, 2.24) is 5.32 Å². The number of hydrogen-bond acceptors (Lipinski definition) is 4. The Morgan fingerprint density at radius 3 is 2.30 bits per heavy atom. The van der Waals surface area contributed by atoms with E-state index >= 15 is 0 Å². The van der Waals surface area contributed by atoms with E-state index in [4.69, 9.17) is 9.47 Å². The van der Waals surface area contributed by atoms with Crippen LogP contribution in [0.25, 0.3) is 0 Å². The molecule has 0 aromatic heterocycles. The summed E-state index contributed by atoms with van der Waals surface area (Å²) in [5.74, 6) is 0.749. The van der Waals surface area contributed by atoms with Crippen LogP contribution in [0.2, 0.25) is 0 Å². The highest BCUT2D eigenvalue weighted by Crippen LogP contribution is 2.19. The van der Waals surface area contributed by atoms with Crippen LogP contribution in [0.3, 0.4) is 0 Å². The van der Waals surface area contributed by atoms with Gasteiger partial charge in [-0.15, -0.1) is 0 Å². The molecule has 3 aromatic rings. The number of nitrogens with one attached hydrogen (secondary N) is 2. The lowest BCUT2D eigenvalue weighted by molar-refractivity contribution is -0.122. The van der Waals surface area contributed by atoms with Crippen molar-refractivity contribution in [2.75, 3.05) is 12.4 Å². The molecule has 0 radical (unpaired) electrons. The Bertz CT molecular complexity index is 988. The Kier molecular flexibility index (Phi) is 7.05. The van der Waals surface area contributed by atoms with E-state index in [1.807, 2.05) is 30.3 Å². The Morgan fingerprint density at radius 1 is 0.900 bits per heavy atom. The zero-order valence-corrected chi connectivity index (χ0v) is 16.9. The monoisotopic (exact) mass is 404 g/mol. The van der Waals surface area contributed by atoms with E-state index < -0.39 is 6.10 Å². The summed E-state index contributed by atoms with van der Waals surface area (Å²) < 4.78 is 10.8. The SMILES string of the molecule is COc1ccc(OC(C)C(=O)Nc2cccc(C(=O)NCc3ccccc3)c2)cc1. The fourth-order valence-corrected chi connectivity index (χ4v) is 2.77. The van der Waals surface area contributed by atoms with Gasteiger partial charge in [0.1, 0.15) is 11.5 Å². The Morgan fingerprint density at radius 2 is 1.60 bits per heavy atom. The summed E-state index contributed by atoms with van der Waals surface area (Å²) in [7, 11) is 1.59. The van der Waals surface area contributed by atoms with Crippen LogP contribution < -0.4 is 20.1 Å². The number of ether oxygens (including phenoxy) is 2. The summed E-state index contributed by atoms with van der Waals surface area (Å²) in [5.41, 5.74) is 2.00. The zero-order valence-electron chi connectivity index (χ0n) is 16.9. The van der Waals surface area contributed by atoms with Gasteiger partial charge in [0.2, 0.25) is 0 Å². The molecule has 6 heteroatoms. The number of amides is 2. The summed E-state index contributed by atoms with van der Waals surface area (Å²) in [6.07, 6.45) is -0.714. The molecule has 2 N–H and O–H groups in total. The molecule has 6 nitrogen and oxygen atoms in total. The van der Waals surface area contributed by atoms with Gasteiger partial charge in [-0.1, -0.05) is 36.4 Å². The number of rotatable bonds is 8. The van der Waals surface area contributed by atoms with Crippen molar-refractivity contribution >= 4 is 17.5 Å². The van der Waals surface area contributed by atoms with Crippen molar-refractivity contribution in [2.24, 2.45) is 0 Å². The molecule has 0 heterocycles. The minimum atomic E-state index is -0.714. The molecule has 1 unspecified atom stereocenters. The summed E-state index contributed by atoms with van der Waals surface area (Å²) in [6.45, 7) is 2.10. The Labute approximate surface area is 175 Å². The van der Waals surface area contributed by atoms with E-state index in [1.54, 1.807) is 62.6 Å². The molecule has 0 aliphatic carbocycles. The van der Waals surface area contributed by atoms with Crippen LogP contribution in [0.1, 0.15) is 22.8 Å². The van der Waals surface area contributed by atoms with Crippen LogP contribution in [0.15, 0.2) is 78.9 Å². The molecule has 1 atom stereocenters. The van der Waals surface area contributed by atoms with E-state index in [2.05, 4.69) is 10.6 Å². The first-order valence-electron chi connectivity index (χ1n) is 9.59. The van der Waals surface area contributed by atoms with Crippen molar-refractivity contribution in [3.05, 3.63) is 90.0 Å². The minimum absolute atomic E-state index is 0.211. The van der Waals surface area contributed by atoms with Crippen molar-refractivity contribution < 1.29 is 19.1 Å². The predicted molar refractivity (Wildman–Crippen MR) is 116 cm³/mol. The van der Waals surface area contributed by atoms with Gasteiger partial charge in [0.15, 0.2) is 6.10 Å². The number of carbonyl (C=O) groups excluding carboxylic acids is 2. The molecule has 154 valence electrons. The lowest BCUT2D eigenvalue weighted by Crippen LogP contribution is -2.30. The topological polar surface area (TPSA) is 76.7 Å². The van der Waals surface area contributed by atoms with Gasteiger partial charge in [-0.25, -0.2) is 0 Å². The highest BCUT2D eigenvalue weighted by molar-refractivity contribution is 5.98. The number of hydrogen-bond donors (Lipinski definition) is 2. The van der Waals surface area contributed by atoms with Crippen LogP contribution in [0, 0.1) is 0 Å². The molecule has 30 heavy (non-hydrogen) atoms. The van der Waals surface area contributed by atoms with E-state index in [0.717, 1.165) is 5.56 Å². The standard InChI is InChI=1S/C24H24N2O4/c1-17(30-22-13-11-21(29-2)12-14-22)23(27)26-20-10-6-9-19(15-20)24(28)25-16-18-7-4-3-5-8-18/h3-15,17H,16H2,1-2H3,(H,25,28)(H,26,27). The van der Waals surface area contributed by atoms with Gasteiger partial charge in [-0.3, -0.25) is 9.59 Å². The quantitative estimate of drug-likeness (QED) is 0.594. The molecule has 0 spiro atoms. The highest BCUT2D eigenvalue weighted by atomic mass is 16.5.